The van der Waals surface area contributed by atoms with Crippen molar-refractivity contribution in [1.82, 2.24) is 25.3 Å². The number of phenols is 1. The van der Waals surface area contributed by atoms with Crippen LogP contribution in [-0.2, 0) is 0 Å². The Kier molecular flexibility index (Phi) is 4.37. The second kappa shape index (κ2) is 6.85. The maximum absolute atomic E-state index is 14.1. The van der Waals surface area contributed by atoms with E-state index in [9.17, 15) is 13.9 Å². The Morgan fingerprint density at radius 2 is 2.13 bits per heavy atom. The lowest BCUT2D eigenvalue weighted by molar-refractivity contribution is 0.103. The van der Waals surface area contributed by atoms with E-state index < -0.39 is 23.2 Å². The van der Waals surface area contributed by atoms with Crippen LogP contribution < -0.4 is 10.1 Å². The van der Waals surface area contributed by atoms with Crippen LogP contribution in [-0.4, -0.2) is 42.8 Å². The van der Waals surface area contributed by atoms with Gasteiger partial charge in [0, 0.05) is 25.1 Å². The fourth-order valence-electron chi connectivity index (χ4n) is 4.04. The minimum Gasteiger partial charge on any atom is -0.507 e. The van der Waals surface area contributed by atoms with Crippen LogP contribution in [0.5, 0.6) is 10.9 Å². The summed E-state index contributed by atoms with van der Waals surface area (Å²) in [4.78, 5) is 0. The van der Waals surface area contributed by atoms with Gasteiger partial charge in [0.15, 0.2) is 16.7 Å². The monoisotopic (exact) mass is 431 g/mol. The highest BCUT2D eigenvalue weighted by Gasteiger charge is 2.50. The average Bonchev–Trinajstić information content (AvgIpc) is 3.38. The van der Waals surface area contributed by atoms with Crippen LogP contribution in [0, 0.1) is 6.92 Å². The minimum absolute atomic E-state index is 0.0455. The highest BCUT2D eigenvalue weighted by Crippen LogP contribution is 2.43. The zero-order chi connectivity index (χ0) is 21.0. The number of fused-ring (bicyclic) bond motifs is 2. The quantitative estimate of drug-likeness (QED) is 0.653. The van der Waals surface area contributed by atoms with E-state index in [0.717, 1.165) is 11.4 Å². The van der Waals surface area contributed by atoms with Crippen molar-refractivity contribution in [3.8, 4) is 27.2 Å². The standard InChI is InChI=1S/C20H19F2N5O2S/c1-10-5-6-27(26-10)11-3-4-13(15(28)7-11)18-24-25-19(30-18)29-12-8-14-16(21)17(22)20(2,9-12)23-14/h3-7,12,14,23,28H,8-9H2,1-2H3. The number of halogens is 2. The number of hydrogen-bond acceptors (Lipinski definition) is 7. The third kappa shape index (κ3) is 3.16. The second-order valence-corrected chi connectivity index (χ2v) is 8.79. The molecular weight excluding hydrogens is 412 g/mol. The first-order valence-corrected chi connectivity index (χ1v) is 10.3. The van der Waals surface area contributed by atoms with Crippen molar-refractivity contribution >= 4 is 11.3 Å². The summed E-state index contributed by atoms with van der Waals surface area (Å²) in [6, 6.07) is 6.37. The third-order valence-corrected chi connectivity index (χ3v) is 6.35. The van der Waals surface area contributed by atoms with Crippen molar-refractivity contribution in [3.05, 3.63) is 47.8 Å². The number of rotatable bonds is 4. The molecule has 30 heavy (non-hydrogen) atoms. The summed E-state index contributed by atoms with van der Waals surface area (Å²) in [5.41, 5.74) is 1.07. The Hall–Kier alpha value is -2.85. The molecule has 0 radical (unpaired) electrons. The molecule has 0 aliphatic carbocycles. The maximum atomic E-state index is 14.1. The van der Waals surface area contributed by atoms with Crippen LogP contribution in [0.1, 0.15) is 25.5 Å². The molecule has 0 saturated carbocycles. The van der Waals surface area contributed by atoms with Crippen molar-refractivity contribution in [1.29, 1.82) is 0 Å². The van der Waals surface area contributed by atoms with Gasteiger partial charge in [-0.2, -0.15) is 5.10 Å². The Morgan fingerprint density at radius 3 is 2.83 bits per heavy atom. The molecule has 7 nitrogen and oxygen atoms in total. The summed E-state index contributed by atoms with van der Waals surface area (Å²) in [5.74, 6) is -1.43. The van der Waals surface area contributed by atoms with Gasteiger partial charge in [0.25, 0.3) is 5.19 Å². The first kappa shape index (κ1) is 19.1. The lowest BCUT2D eigenvalue weighted by Gasteiger charge is -2.35. The number of hydrogen-bond donors (Lipinski definition) is 2. The molecule has 0 spiro atoms. The number of ether oxygens (including phenoxy) is 1. The van der Waals surface area contributed by atoms with Crippen LogP contribution in [0.4, 0.5) is 8.78 Å². The number of nitrogens with one attached hydrogen (secondary N) is 1. The molecule has 1 aromatic carbocycles. The summed E-state index contributed by atoms with van der Waals surface area (Å²) in [7, 11) is 0. The summed E-state index contributed by atoms with van der Waals surface area (Å²) in [6.07, 6.45) is 2.03. The van der Waals surface area contributed by atoms with Crippen LogP contribution in [0.2, 0.25) is 0 Å². The van der Waals surface area contributed by atoms with E-state index in [0.29, 0.717) is 28.6 Å². The van der Waals surface area contributed by atoms with Gasteiger partial charge in [-0.25, -0.2) is 13.5 Å². The van der Waals surface area contributed by atoms with E-state index in [1.807, 2.05) is 25.3 Å². The Bertz CT molecular complexity index is 1160. The van der Waals surface area contributed by atoms with Gasteiger partial charge in [-0.15, -0.1) is 5.10 Å². The van der Waals surface area contributed by atoms with E-state index >= 15 is 0 Å². The van der Waals surface area contributed by atoms with Crippen molar-refractivity contribution in [3.63, 3.8) is 0 Å². The number of benzene rings is 1. The molecule has 1 fully saturated rings. The van der Waals surface area contributed by atoms with Crippen molar-refractivity contribution in [2.75, 3.05) is 0 Å². The molecule has 0 amide bonds. The molecule has 3 unspecified atom stereocenters. The van der Waals surface area contributed by atoms with E-state index in [1.54, 1.807) is 23.7 Å². The lowest BCUT2D eigenvalue weighted by Crippen LogP contribution is -2.52. The summed E-state index contributed by atoms with van der Waals surface area (Å²) < 4.78 is 35.7. The molecule has 5 rings (SSSR count). The molecule has 2 N–H and O–H groups in total. The molecule has 2 aromatic heterocycles. The maximum Gasteiger partial charge on any atom is 0.294 e. The van der Waals surface area contributed by atoms with Crippen molar-refractivity contribution in [2.24, 2.45) is 0 Å². The third-order valence-electron chi connectivity index (χ3n) is 5.50. The van der Waals surface area contributed by atoms with Gasteiger partial charge < -0.3 is 9.84 Å². The van der Waals surface area contributed by atoms with E-state index in [4.69, 9.17) is 4.74 Å². The zero-order valence-electron chi connectivity index (χ0n) is 16.3. The topological polar surface area (TPSA) is 85.1 Å². The summed E-state index contributed by atoms with van der Waals surface area (Å²) in [6.45, 7) is 3.52. The molecule has 4 heterocycles. The zero-order valence-corrected chi connectivity index (χ0v) is 17.1. The van der Waals surface area contributed by atoms with Gasteiger partial charge in [0.05, 0.1) is 28.5 Å². The molecule has 3 aromatic rings. The summed E-state index contributed by atoms with van der Waals surface area (Å²) in [5, 5.41) is 26.7. The van der Waals surface area contributed by atoms with Gasteiger partial charge in [0.2, 0.25) is 0 Å². The van der Waals surface area contributed by atoms with Crippen LogP contribution >= 0.6 is 11.3 Å². The van der Waals surface area contributed by atoms with Crippen molar-refractivity contribution in [2.45, 2.75) is 44.4 Å². The molecule has 2 aliphatic heterocycles. The van der Waals surface area contributed by atoms with Crippen molar-refractivity contribution < 1.29 is 18.6 Å². The van der Waals surface area contributed by atoms with E-state index in [-0.39, 0.29) is 11.9 Å². The van der Waals surface area contributed by atoms with Gasteiger partial charge in [-0.05, 0) is 32.0 Å². The Morgan fingerprint density at radius 1 is 1.30 bits per heavy atom. The summed E-state index contributed by atoms with van der Waals surface area (Å²) >= 11 is 1.17. The number of aromatic hydroxyl groups is 1. The fraction of sp³-hybridized carbons (Fsp3) is 0.350. The molecule has 1 saturated heterocycles. The first-order chi connectivity index (χ1) is 14.3. The number of piperidine rings is 1. The predicted molar refractivity (Wildman–Crippen MR) is 107 cm³/mol. The van der Waals surface area contributed by atoms with Crippen LogP contribution in [0.15, 0.2) is 42.1 Å². The molecule has 2 bridgehead atoms. The Labute approximate surface area is 175 Å². The minimum atomic E-state index is -1.05. The predicted octanol–water partition coefficient (Wildman–Crippen LogP) is 3.83. The van der Waals surface area contributed by atoms with Gasteiger partial charge in [0.1, 0.15) is 11.9 Å². The molecule has 2 aliphatic rings. The van der Waals surface area contributed by atoms with Gasteiger partial charge in [-0.3, -0.25) is 5.32 Å². The number of nitrogens with zero attached hydrogens (tertiary/aromatic N) is 4. The van der Waals surface area contributed by atoms with E-state index in [2.05, 4.69) is 20.6 Å². The second-order valence-electron chi connectivity index (χ2n) is 7.85. The molecule has 10 heteroatoms. The number of aromatic nitrogens is 4. The van der Waals surface area contributed by atoms with E-state index in [1.165, 1.54) is 11.3 Å². The SMILES string of the molecule is Cc1ccn(-c2ccc(-c3nnc(OC4CC5NC(C)(C4)C(F)=C5F)s3)c(O)c2)n1. The fourth-order valence-corrected chi connectivity index (χ4v) is 4.84. The Balaban J connectivity index is 1.33. The number of phenolic OH excluding ortho intramolecular Hbond substituents is 1. The molecule has 3 atom stereocenters. The normalized spacial score (nSPS) is 25.7. The first-order valence-electron chi connectivity index (χ1n) is 9.52. The largest absolute Gasteiger partial charge is 0.507 e. The molecular formula is C20H19F2N5O2S. The lowest BCUT2D eigenvalue weighted by atomic mass is 9.90. The van der Waals surface area contributed by atoms with Crippen LogP contribution in [0.25, 0.3) is 16.3 Å². The average molecular weight is 431 g/mol. The highest BCUT2D eigenvalue weighted by atomic mass is 32.1. The van der Waals surface area contributed by atoms with Gasteiger partial charge >= 0.3 is 0 Å². The van der Waals surface area contributed by atoms with Gasteiger partial charge in [-0.1, -0.05) is 16.4 Å². The molecule has 156 valence electrons. The number of aryl methyl sites for hydroxylation is 1. The smallest absolute Gasteiger partial charge is 0.294 e. The highest BCUT2D eigenvalue weighted by molar-refractivity contribution is 7.16. The van der Waals surface area contributed by atoms with Crippen LogP contribution in [0.3, 0.4) is 0 Å².